The molecule has 1 aliphatic rings. The molecule has 2 N–H and O–H groups in total. The summed E-state index contributed by atoms with van der Waals surface area (Å²) in [6, 6.07) is 5.87. The van der Waals surface area contributed by atoms with Gasteiger partial charge in [-0.05, 0) is 12.1 Å². The van der Waals surface area contributed by atoms with Crippen LogP contribution in [-0.4, -0.2) is 56.1 Å². The number of pyridine rings is 1. The first-order valence-electron chi connectivity index (χ1n) is 6.33. The molecule has 0 aliphatic carbocycles. The molecule has 0 radical (unpaired) electrons. The Balaban J connectivity index is 2.08. The van der Waals surface area contributed by atoms with Gasteiger partial charge in [0.25, 0.3) is 0 Å². The minimum Gasteiger partial charge on any atom is -0.369 e. The molecule has 19 heavy (non-hydrogen) atoms. The van der Waals surface area contributed by atoms with Crippen LogP contribution in [0.5, 0.6) is 0 Å². The number of amides is 1. The zero-order chi connectivity index (χ0) is 13.8. The van der Waals surface area contributed by atoms with E-state index in [0.717, 1.165) is 18.1 Å². The quantitative estimate of drug-likeness (QED) is 0.829. The summed E-state index contributed by atoms with van der Waals surface area (Å²) in [7, 11) is 3.90. The van der Waals surface area contributed by atoms with Crippen LogP contribution in [0.3, 0.4) is 0 Å². The van der Waals surface area contributed by atoms with Crippen LogP contribution in [0.25, 0.3) is 0 Å². The third-order valence-electron chi connectivity index (χ3n) is 3.07. The number of anilines is 1. The highest BCUT2D eigenvalue weighted by Crippen LogP contribution is 2.22. The molecule has 104 valence electrons. The first-order valence-corrected chi connectivity index (χ1v) is 6.33. The average Bonchev–Trinajstić information content (AvgIpc) is 2.38. The van der Waals surface area contributed by atoms with Crippen molar-refractivity contribution in [3.63, 3.8) is 0 Å². The maximum atomic E-state index is 11.0. The lowest BCUT2D eigenvalue weighted by Gasteiger charge is -2.32. The maximum absolute atomic E-state index is 11.0. The molecule has 0 spiro atoms. The average molecular weight is 264 g/mol. The number of rotatable bonds is 4. The molecule has 1 fully saturated rings. The van der Waals surface area contributed by atoms with Gasteiger partial charge in [0.1, 0.15) is 11.9 Å². The van der Waals surface area contributed by atoms with Gasteiger partial charge in [-0.25, -0.2) is 4.98 Å². The molecule has 6 nitrogen and oxygen atoms in total. The topological polar surface area (TPSA) is 71.7 Å². The zero-order valence-electron chi connectivity index (χ0n) is 11.4. The van der Waals surface area contributed by atoms with Gasteiger partial charge in [0, 0.05) is 27.2 Å². The van der Waals surface area contributed by atoms with Gasteiger partial charge < -0.3 is 15.4 Å². The molecule has 0 unspecified atom stereocenters. The Bertz CT molecular complexity index is 450. The zero-order valence-corrected chi connectivity index (χ0v) is 11.4. The van der Waals surface area contributed by atoms with Gasteiger partial charge in [-0.15, -0.1) is 0 Å². The van der Waals surface area contributed by atoms with Crippen molar-refractivity contribution in [2.75, 3.05) is 45.2 Å². The van der Waals surface area contributed by atoms with Crippen molar-refractivity contribution >= 4 is 11.7 Å². The summed E-state index contributed by atoms with van der Waals surface area (Å²) in [6.07, 6.45) is -0.104. The largest absolute Gasteiger partial charge is 0.369 e. The molecule has 2 heterocycles. The predicted molar refractivity (Wildman–Crippen MR) is 72.9 cm³/mol. The monoisotopic (exact) mass is 264 g/mol. The van der Waals surface area contributed by atoms with Gasteiger partial charge >= 0.3 is 0 Å². The van der Waals surface area contributed by atoms with E-state index in [9.17, 15) is 4.79 Å². The first-order chi connectivity index (χ1) is 9.06. The van der Waals surface area contributed by atoms with E-state index in [1.165, 1.54) is 0 Å². The number of morpholine rings is 1. The number of carbonyl (C=O) groups excluding carboxylic acids is 1. The lowest BCUT2D eigenvalue weighted by atomic mass is 10.2. The van der Waals surface area contributed by atoms with Crippen molar-refractivity contribution in [1.29, 1.82) is 0 Å². The summed E-state index contributed by atoms with van der Waals surface area (Å²) in [5.74, 6) is 0.587. The number of carbonyl (C=O) groups is 1. The van der Waals surface area contributed by atoms with Crippen LogP contribution in [0.1, 0.15) is 11.8 Å². The third-order valence-corrected chi connectivity index (χ3v) is 3.07. The van der Waals surface area contributed by atoms with Gasteiger partial charge in [-0.2, -0.15) is 0 Å². The van der Waals surface area contributed by atoms with Crippen LogP contribution in [0, 0.1) is 0 Å². The molecule has 1 saturated heterocycles. The number of nitrogens with zero attached hydrogens (tertiary/aromatic N) is 3. The smallest absolute Gasteiger partial charge is 0.231 e. The van der Waals surface area contributed by atoms with Gasteiger partial charge in [0.2, 0.25) is 5.91 Å². The lowest BCUT2D eigenvalue weighted by molar-refractivity contribution is -0.121. The van der Waals surface area contributed by atoms with E-state index in [4.69, 9.17) is 10.5 Å². The number of aromatic nitrogens is 1. The highest BCUT2D eigenvalue weighted by atomic mass is 16.5. The Morgan fingerprint density at radius 3 is 3.05 bits per heavy atom. The molecule has 6 heteroatoms. The predicted octanol–water partition coefficient (Wildman–Crippen LogP) is 0.00620. The second kappa shape index (κ2) is 5.99. The molecule has 1 atom stereocenters. The van der Waals surface area contributed by atoms with Crippen molar-refractivity contribution in [1.82, 2.24) is 9.88 Å². The Hall–Kier alpha value is -1.66. The fourth-order valence-corrected chi connectivity index (χ4v) is 2.11. The number of nitrogens with two attached hydrogens (primary N) is 1. The molecule has 1 amide bonds. The van der Waals surface area contributed by atoms with E-state index >= 15 is 0 Å². The third kappa shape index (κ3) is 3.65. The number of hydrogen-bond acceptors (Lipinski definition) is 5. The Morgan fingerprint density at radius 2 is 2.37 bits per heavy atom. The van der Waals surface area contributed by atoms with Crippen molar-refractivity contribution in [3.05, 3.63) is 23.9 Å². The molecule has 1 aromatic rings. The minimum atomic E-state index is -0.310. The molecular weight excluding hydrogens is 244 g/mol. The van der Waals surface area contributed by atoms with Gasteiger partial charge in [-0.1, -0.05) is 6.07 Å². The first kappa shape index (κ1) is 13.8. The molecule has 0 bridgehead atoms. The van der Waals surface area contributed by atoms with Crippen molar-refractivity contribution in [2.45, 2.75) is 6.10 Å². The molecule has 2 rings (SSSR count). The van der Waals surface area contributed by atoms with E-state index in [1.807, 2.05) is 42.1 Å². The molecule has 1 aliphatic heterocycles. The van der Waals surface area contributed by atoms with Crippen molar-refractivity contribution in [3.8, 4) is 0 Å². The van der Waals surface area contributed by atoms with E-state index in [1.54, 1.807) is 0 Å². The Morgan fingerprint density at radius 1 is 1.58 bits per heavy atom. The van der Waals surface area contributed by atoms with E-state index in [0.29, 0.717) is 13.2 Å². The molecular formula is C13H20N4O2. The van der Waals surface area contributed by atoms with E-state index in [-0.39, 0.29) is 18.6 Å². The second-order valence-corrected chi connectivity index (χ2v) is 4.88. The lowest BCUT2D eigenvalue weighted by Crippen LogP contribution is -2.43. The summed E-state index contributed by atoms with van der Waals surface area (Å²) in [5.41, 5.74) is 6.12. The normalized spacial score (nSPS) is 20.2. The fraction of sp³-hybridized carbons (Fsp3) is 0.538. The Kier molecular flexibility index (Phi) is 4.34. The van der Waals surface area contributed by atoms with Gasteiger partial charge in [0.15, 0.2) is 0 Å². The fourth-order valence-electron chi connectivity index (χ4n) is 2.11. The second-order valence-electron chi connectivity index (χ2n) is 4.88. The highest BCUT2D eigenvalue weighted by Gasteiger charge is 2.24. The van der Waals surface area contributed by atoms with Crippen LogP contribution in [-0.2, 0) is 9.53 Å². The van der Waals surface area contributed by atoms with Gasteiger partial charge in [-0.3, -0.25) is 9.69 Å². The number of hydrogen-bond donors (Lipinski definition) is 1. The summed E-state index contributed by atoms with van der Waals surface area (Å²) >= 11 is 0. The Labute approximate surface area is 113 Å². The number of ether oxygens (including phenoxy) is 1. The van der Waals surface area contributed by atoms with Crippen LogP contribution in [0.4, 0.5) is 5.82 Å². The van der Waals surface area contributed by atoms with E-state index < -0.39 is 0 Å². The minimum absolute atomic E-state index is 0.104. The molecule has 0 saturated carbocycles. The summed E-state index contributed by atoms with van der Waals surface area (Å²) in [6.45, 7) is 2.23. The van der Waals surface area contributed by atoms with Gasteiger partial charge in [0.05, 0.1) is 18.8 Å². The molecule has 1 aromatic heterocycles. The summed E-state index contributed by atoms with van der Waals surface area (Å²) in [4.78, 5) is 19.5. The van der Waals surface area contributed by atoms with Crippen molar-refractivity contribution in [2.24, 2.45) is 5.73 Å². The maximum Gasteiger partial charge on any atom is 0.231 e. The SMILES string of the molecule is CN(C)c1cccc([C@H]2CN(CC(N)=O)CCO2)n1. The van der Waals surface area contributed by atoms with Crippen molar-refractivity contribution < 1.29 is 9.53 Å². The van der Waals surface area contributed by atoms with Crippen LogP contribution >= 0.6 is 0 Å². The van der Waals surface area contributed by atoms with Crippen LogP contribution in [0.2, 0.25) is 0 Å². The molecule has 0 aromatic carbocycles. The van der Waals surface area contributed by atoms with E-state index in [2.05, 4.69) is 4.98 Å². The standard InChI is InChI=1S/C13H20N4O2/c1-16(2)13-5-3-4-10(15-13)11-8-17(6-7-19-11)9-12(14)18/h3-5,11H,6-9H2,1-2H3,(H2,14,18)/t11-/m1/s1. The summed E-state index contributed by atoms with van der Waals surface area (Å²) < 4.78 is 5.74. The highest BCUT2D eigenvalue weighted by molar-refractivity contribution is 5.75. The van der Waals surface area contributed by atoms with Crippen LogP contribution < -0.4 is 10.6 Å². The number of primary amides is 1. The van der Waals surface area contributed by atoms with Crippen LogP contribution in [0.15, 0.2) is 18.2 Å². The summed E-state index contributed by atoms with van der Waals surface area (Å²) in [5, 5.41) is 0.